The summed E-state index contributed by atoms with van der Waals surface area (Å²) in [7, 11) is -3.79. The second kappa shape index (κ2) is 3.91. The standard InChI is InChI=1S/C9H7NO4S2/c11-7-8(15-9(12)10-7)16(13,14)6-4-2-1-3-5-6/h1-5,8H,(H,10,11,12). The molecular weight excluding hydrogens is 250 g/mol. The van der Waals surface area contributed by atoms with Gasteiger partial charge >= 0.3 is 0 Å². The Kier molecular flexibility index (Phi) is 2.73. The first-order valence-corrected chi connectivity index (χ1v) is 6.75. The molecule has 84 valence electrons. The molecule has 7 heteroatoms. The van der Waals surface area contributed by atoms with Crippen molar-refractivity contribution in [2.24, 2.45) is 0 Å². The Morgan fingerprint density at radius 1 is 1.12 bits per heavy atom. The van der Waals surface area contributed by atoms with Crippen molar-refractivity contribution in [2.45, 2.75) is 9.48 Å². The lowest BCUT2D eigenvalue weighted by atomic mass is 10.4. The highest BCUT2D eigenvalue weighted by Gasteiger charge is 2.42. The van der Waals surface area contributed by atoms with Crippen LogP contribution in [0, 0.1) is 0 Å². The van der Waals surface area contributed by atoms with E-state index >= 15 is 0 Å². The zero-order valence-corrected chi connectivity index (χ0v) is 9.55. The molecule has 2 rings (SSSR count). The maximum absolute atomic E-state index is 12.0. The molecule has 1 atom stereocenters. The average molecular weight is 257 g/mol. The Morgan fingerprint density at radius 3 is 2.25 bits per heavy atom. The SMILES string of the molecule is O=C1NC(=O)C(S(=O)(=O)c2ccccc2)S1. The van der Waals surface area contributed by atoms with Gasteiger partial charge in [-0.1, -0.05) is 18.2 Å². The number of hydrogen-bond donors (Lipinski definition) is 1. The predicted molar refractivity (Wildman–Crippen MR) is 58.5 cm³/mol. The normalized spacial score (nSPS) is 20.9. The first-order chi connectivity index (χ1) is 7.51. The minimum Gasteiger partial charge on any atom is -0.285 e. The summed E-state index contributed by atoms with van der Waals surface area (Å²) in [5.41, 5.74) is 0. The van der Waals surface area contributed by atoms with E-state index in [2.05, 4.69) is 0 Å². The summed E-state index contributed by atoms with van der Waals surface area (Å²) >= 11 is 0.488. The first kappa shape index (κ1) is 11.2. The van der Waals surface area contributed by atoms with Crippen LogP contribution in [0.4, 0.5) is 4.79 Å². The highest BCUT2D eigenvalue weighted by atomic mass is 32.3. The Bertz CT molecular complexity index is 538. The van der Waals surface area contributed by atoms with Crippen LogP contribution in [0.1, 0.15) is 0 Å². The Morgan fingerprint density at radius 2 is 1.75 bits per heavy atom. The molecule has 1 heterocycles. The van der Waals surface area contributed by atoms with Crippen LogP contribution >= 0.6 is 11.8 Å². The molecule has 1 aromatic rings. The van der Waals surface area contributed by atoms with Gasteiger partial charge in [-0.15, -0.1) is 0 Å². The third kappa shape index (κ3) is 1.83. The molecule has 0 aromatic heterocycles. The van der Waals surface area contributed by atoms with E-state index in [-0.39, 0.29) is 4.90 Å². The van der Waals surface area contributed by atoms with Gasteiger partial charge in [0, 0.05) is 0 Å². The molecular formula is C9H7NO4S2. The van der Waals surface area contributed by atoms with E-state index in [0.717, 1.165) is 0 Å². The number of nitrogens with one attached hydrogen (secondary N) is 1. The molecule has 2 amide bonds. The third-order valence-corrected chi connectivity index (χ3v) is 5.51. The van der Waals surface area contributed by atoms with E-state index in [0.29, 0.717) is 11.8 Å². The molecule has 0 radical (unpaired) electrons. The van der Waals surface area contributed by atoms with E-state index in [1.807, 2.05) is 5.32 Å². The molecule has 1 aliphatic rings. The number of benzene rings is 1. The maximum atomic E-state index is 12.0. The fourth-order valence-electron chi connectivity index (χ4n) is 1.28. The van der Waals surface area contributed by atoms with Crippen molar-refractivity contribution in [3.63, 3.8) is 0 Å². The van der Waals surface area contributed by atoms with Gasteiger partial charge < -0.3 is 0 Å². The van der Waals surface area contributed by atoms with Crippen LogP contribution in [0.25, 0.3) is 0 Å². The average Bonchev–Trinajstić information content (AvgIpc) is 2.60. The minimum atomic E-state index is -3.79. The van der Waals surface area contributed by atoms with Gasteiger partial charge in [-0.05, 0) is 23.9 Å². The maximum Gasteiger partial charge on any atom is 0.287 e. The molecule has 0 saturated carbocycles. The molecule has 1 aromatic carbocycles. The van der Waals surface area contributed by atoms with Crippen LogP contribution in [0.15, 0.2) is 35.2 Å². The van der Waals surface area contributed by atoms with Crippen LogP contribution in [-0.4, -0.2) is 24.1 Å². The highest BCUT2D eigenvalue weighted by Crippen LogP contribution is 2.28. The topological polar surface area (TPSA) is 80.3 Å². The number of sulfone groups is 1. The Balaban J connectivity index is 2.41. The number of thioether (sulfide) groups is 1. The zero-order valence-electron chi connectivity index (χ0n) is 7.91. The lowest BCUT2D eigenvalue weighted by molar-refractivity contribution is -0.117. The Labute approximate surface area is 96.1 Å². The van der Waals surface area contributed by atoms with E-state index in [9.17, 15) is 18.0 Å². The van der Waals surface area contributed by atoms with Crippen molar-refractivity contribution >= 4 is 32.7 Å². The lowest BCUT2D eigenvalue weighted by Gasteiger charge is -2.06. The second-order valence-electron chi connectivity index (χ2n) is 3.08. The summed E-state index contributed by atoms with van der Waals surface area (Å²) in [6.07, 6.45) is 0. The van der Waals surface area contributed by atoms with Gasteiger partial charge in [-0.3, -0.25) is 14.9 Å². The smallest absolute Gasteiger partial charge is 0.285 e. The molecule has 5 nitrogen and oxygen atoms in total. The molecule has 0 aliphatic carbocycles. The molecule has 16 heavy (non-hydrogen) atoms. The number of carbonyl (C=O) groups is 2. The third-order valence-electron chi connectivity index (χ3n) is 2.01. The van der Waals surface area contributed by atoms with Crippen LogP contribution < -0.4 is 5.32 Å². The van der Waals surface area contributed by atoms with Crippen LogP contribution in [0.5, 0.6) is 0 Å². The molecule has 1 fully saturated rings. The predicted octanol–water partition coefficient (Wildman–Crippen LogP) is 0.769. The van der Waals surface area contributed by atoms with Gasteiger partial charge in [-0.25, -0.2) is 8.42 Å². The largest absolute Gasteiger partial charge is 0.287 e. The van der Waals surface area contributed by atoms with Crippen molar-refractivity contribution in [2.75, 3.05) is 0 Å². The fourth-order valence-corrected chi connectivity index (χ4v) is 4.02. The summed E-state index contributed by atoms with van der Waals surface area (Å²) in [5, 5.41) is 1.32. The van der Waals surface area contributed by atoms with Gasteiger partial charge in [-0.2, -0.15) is 0 Å². The van der Waals surface area contributed by atoms with Gasteiger partial charge in [0.25, 0.3) is 11.1 Å². The van der Waals surface area contributed by atoms with E-state index in [4.69, 9.17) is 0 Å². The number of hydrogen-bond acceptors (Lipinski definition) is 5. The fraction of sp³-hybridized carbons (Fsp3) is 0.111. The summed E-state index contributed by atoms with van der Waals surface area (Å²) < 4.78 is 22.5. The summed E-state index contributed by atoms with van der Waals surface area (Å²) in [5.74, 6) is -0.779. The van der Waals surface area contributed by atoms with Crippen LogP contribution in [0.2, 0.25) is 0 Å². The monoisotopic (exact) mass is 257 g/mol. The van der Waals surface area contributed by atoms with Crippen LogP contribution in [-0.2, 0) is 14.6 Å². The van der Waals surface area contributed by atoms with Gasteiger partial charge in [0.15, 0.2) is 14.4 Å². The van der Waals surface area contributed by atoms with E-state index in [1.165, 1.54) is 12.1 Å². The molecule has 1 N–H and O–H groups in total. The van der Waals surface area contributed by atoms with Crippen LogP contribution in [0.3, 0.4) is 0 Å². The number of amides is 2. The number of rotatable bonds is 2. The highest BCUT2D eigenvalue weighted by molar-refractivity contribution is 8.24. The van der Waals surface area contributed by atoms with E-state index in [1.54, 1.807) is 18.2 Å². The molecule has 0 spiro atoms. The molecule has 1 unspecified atom stereocenters. The van der Waals surface area contributed by atoms with Gasteiger partial charge in [0.2, 0.25) is 0 Å². The van der Waals surface area contributed by atoms with E-state index < -0.39 is 25.6 Å². The second-order valence-corrected chi connectivity index (χ2v) is 6.49. The Hall–Kier alpha value is -1.34. The zero-order chi connectivity index (χ0) is 11.8. The van der Waals surface area contributed by atoms with Crippen molar-refractivity contribution in [1.29, 1.82) is 0 Å². The van der Waals surface area contributed by atoms with Crippen molar-refractivity contribution in [3.8, 4) is 0 Å². The number of imide groups is 1. The molecule has 1 aliphatic heterocycles. The van der Waals surface area contributed by atoms with Crippen molar-refractivity contribution < 1.29 is 18.0 Å². The number of carbonyl (C=O) groups excluding carboxylic acids is 2. The van der Waals surface area contributed by atoms with Gasteiger partial charge in [0.1, 0.15) is 0 Å². The summed E-state index contributed by atoms with van der Waals surface area (Å²) in [4.78, 5) is 22.2. The first-order valence-electron chi connectivity index (χ1n) is 4.32. The van der Waals surface area contributed by atoms with Crippen molar-refractivity contribution in [3.05, 3.63) is 30.3 Å². The van der Waals surface area contributed by atoms with Gasteiger partial charge in [0.05, 0.1) is 4.90 Å². The van der Waals surface area contributed by atoms with Crippen molar-refractivity contribution in [1.82, 2.24) is 5.32 Å². The quantitative estimate of drug-likeness (QED) is 0.846. The minimum absolute atomic E-state index is 0.0392. The molecule has 1 saturated heterocycles. The summed E-state index contributed by atoms with van der Waals surface area (Å²) in [6, 6.07) is 7.59. The summed E-state index contributed by atoms with van der Waals surface area (Å²) in [6.45, 7) is 0. The molecule has 0 bridgehead atoms. The lowest BCUT2D eigenvalue weighted by Crippen LogP contribution is -2.29.